The minimum atomic E-state index is -0.00646. The Morgan fingerprint density at radius 3 is 2.95 bits per heavy atom. The lowest BCUT2D eigenvalue weighted by molar-refractivity contribution is -0.0869. The molecule has 0 spiro atoms. The predicted molar refractivity (Wildman–Crippen MR) is 78.4 cm³/mol. The third-order valence-corrected chi connectivity index (χ3v) is 4.44. The quantitative estimate of drug-likeness (QED) is 0.921. The molecule has 3 rings (SSSR count). The molecule has 0 bridgehead atoms. The Morgan fingerprint density at radius 2 is 2.30 bits per heavy atom. The molecule has 2 aromatic heterocycles. The molecular weight excluding hydrogens is 298 g/mol. The van der Waals surface area contributed by atoms with Crippen molar-refractivity contribution in [1.29, 1.82) is 0 Å². The van der Waals surface area contributed by atoms with Gasteiger partial charge in [-0.05, 0) is 24.3 Å². The minimum Gasteiger partial charge on any atom is -0.467 e. The molecule has 1 aliphatic heterocycles. The highest BCUT2D eigenvalue weighted by atomic mass is 35.5. The highest BCUT2D eigenvalue weighted by Gasteiger charge is 2.21. The number of ether oxygens (including phenoxy) is 2. The fourth-order valence-corrected chi connectivity index (χ4v) is 3.33. The van der Waals surface area contributed by atoms with E-state index in [0.717, 1.165) is 15.0 Å². The third kappa shape index (κ3) is 3.42. The standard InChI is InChI=1S/C14H16ClNO3S/c15-13-4-3-12(20-13)14(11-2-1-5-19-11)16-8-10-9-17-6-7-18-10/h1-5,10,14,16H,6-9H2. The van der Waals surface area contributed by atoms with E-state index >= 15 is 0 Å². The van der Waals surface area contributed by atoms with Crippen molar-refractivity contribution in [3.63, 3.8) is 0 Å². The Balaban J connectivity index is 1.69. The highest BCUT2D eigenvalue weighted by Crippen LogP contribution is 2.31. The van der Waals surface area contributed by atoms with Crippen LogP contribution in [-0.4, -0.2) is 32.5 Å². The Labute approximate surface area is 126 Å². The first-order chi connectivity index (χ1) is 9.83. The molecule has 1 saturated heterocycles. The Morgan fingerprint density at radius 1 is 1.35 bits per heavy atom. The van der Waals surface area contributed by atoms with Gasteiger partial charge < -0.3 is 19.2 Å². The van der Waals surface area contributed by atoms with Gasteiger partial charge in [0, 0.05) is 11.4 Å². The van der Waals surface area contributed by atoms with Crippen LogP contribution >= 0.6 is 22.9 Å². The lowest BCUT2D eigenvalue weighted by Crippen LogP contribution is -2.38. The zero-order valence-corrected chi connectivity index (χ0v) is 12.5. The molecule has 0 amide bonds. The van der Waals surface area contributed by atoms with Crippen LogP contribution in [0.15, 0.2) is 34.9 Å². The van der Waals surface area contributed by atoms with E-state index in [-0.39, 0.29) is 12.1 Å². The van der Waals surface area contributed by atoms with Crippen molar-refractivity contribution in [2.45, 2.75) is 12.1 Å². The molecule has 3 heterocycles. The second-order valence-electron chi connectivity index (χ2n) is 4.57. The first-order valence-corrected chi connectivity index (χ1v) is 7.74. The maximum Gasteiger partial charge on any atom is 0.126 e. The van der Waals surface area contributed by atoms with Crippen molar-refractivity contribution in [2.75, 3.05) is 26.4 Å². The third-order valence-electron chi connectivity index (χ3n) is 3.14. The monoisotopic (exact) mass is 313 g/mol. The molecule has 6 heteroatoms. The average molecular weight is 314 g/mol. The molecule has 4 nitrogen and oxygen atoms in total. The van der Waals surface area contributed by atoms with E-state index in [1.54, 1.807) is 17.6 Å². The van der Waals surface area contributed by atoms with Crippen LogP contribution in [0.1, 0.15) is 16.7 Å². The van der Waals surface area contributed by atoms with E-state index in [1.165, 1.54) is 0 Å². The zero-order chi connectivity index (χ0) is 13.8. The van der Waals surface area contributed by atoms with Gasteiger partial charge in [0.25, 0.3) is 0 Å². The van der Waals surface area contributed by atoms with E-state index in [9.17, 15) is 0 Å². The van der Waals surface area contributed by atoms with Gasteiger partial charge in [0.2, 0.25) is 0 Å². The first kappa shape index (κ1) is 14.1. The van der Waals surface area contributed by atoms with Crippen molar-refractivity contribution < 1.29 is 13.9 Å². The van der Waals surface area contributed by atoms with Crippen LogP contribution in [0.4, 0.5) is 0 Å². The maximum atomic E-state index is 6.03. The largest absolute Gasteiger partial charge is 0.467 e. The van der Waals surface area contributed by atoms with Gasteiger partial charge in [-0.15, -0.1) is 11.3 Å². The molecule has 1 N–H and O–H groups in total. The van der Waals surface area contributed by atoms with Crippen LogP contribution in [0.5, 0.6) is 0 Å². The summed E-state index contributed by atoms with van der Waals surface area (Å²) in [4.78, 5) is 1.13. The molecular formula is C14H16ClNO3S. The maximum absolute atomic E-state index is 6.03. The minimum absolute atomic E-state index is 0.00646. The van der Waals surface area contributed by atoms with Gasteiger partial charge in [-0.1, -0.05) is 11.6 Å². The van der Waals surface area contributed by atoms with E-state index in [1.807, 2.05) is 24.3 Å². The van der Waals surface area contributed by atoms with E-state index < -0.39 is 0 Å². The highest BCUT2D eigenvalue weighted by molar-refractivity contribution is 7.16. The Kier molecular flexibility index (Phi) is 4.75. The first-order valence-electron chi connectivity index (χ1n) is 6.54. The van der Waals surface area contributed by atoms with Crippen molar-refractivity contribution in [3.8, 4) is 0 Å². The Hall–Kier alpha value is -0.850. The molecule has 0 saturated carbocycles. The molecule has 2 unspecified atom stereocenters. The summed E-state index contributed by atoms with van der Waals surface area (Å²) < 4.78 is 17.4. The SMILES string of the molecule is Clc1ccc(C(NCC2COCCO2)c2ccco2)s1. The molecule has 0 aromatic carbocycles. The summed E-state index contributed by atoms with van der Waals surface area (Å²) in [6.45, 7) is 2.67. The van der Waals surface area contributed by atoms with Gasteiger partial charge in [-0.25, -0.2) is 0 Å². The molecule has 2 aromatic rings. The van der Waals surface area contributed by atoms with Crippen LogP contribution < -0.4 is 5.32 Å². The lowest BCUT2D eigenvalue weighted by atomic mass is 10.1. The Bertz CT molecular complexity index is 522. The number of halogens is 1. The lowest BCUT2D eigenvalue weighted by Gasteiger charge is -2.25. The van der Waals surface area contributed by atoms with Crippen molar-refractivity contribution >= 4 is 22.9 Å². The fraction of sp³-hybridized carbons (Fsp3) is 0.429. The summed E-state index contributed by atoms with van der Waals surface area (Å²) in [5, 5.41) is 3.47. The number of hydrogen-bond donors (Lipinski definition) is 1. The second kappa shape index (κ2) is 6.74. The smallest absolute Gasteiger partial charge is 0.126 e. The summed E-state index contributed by atoms with van der Waals surface area (Å²) in [5.74, 6) is 0.875. The van der Waals surface area contributed by atoms with Crippen LogP contribution in [0, 0.1) is 0 Å². The van der Waals surface area contributed by atoms with Gasteiger partial charge in [0.05, 0.1) is 36.5 Å². The number of furan rings is 1. The topological polar surface area (TPSA) is 43.6 Å². The molecule has 108 valence electrons. The molecule has 0 aliphatic carbocycles. The summed E-state index contributed by atoms with van der Waals surface area (Å²) >= 11 is 7.58. The molecule has 1 fully saturated rings. The van der Waals surface area contributed by atoms with E-state index in [0.29, 0.717) is 26.4 Å². The van der Waals surface area contributed by atoms with Crippen LogP contribution in [0.3, 0.4) is 0 Å². The fourth-order valence-electron chi connectivity index (χ4n) is 2.18. The van der Waals surface area contributed by atoms with Gasteiger partial charge in [0.15, 0.2) is 0 Å². The predicted octanol–water partition coefficient (Wildman–Crippen LogP) is 3.09. The number of thiophene rings is 1. The molecule has 1 aliphatic rings. The van der Waals surface area contributed by atoms with Crippen LogP contribution in [0.25, 0.3) is 0 Å². The summed E-state index contributed by atoms with van der Waals surface area (Å²) in [6.07, 6.45) is 1.76. The van der Waals surface area contributed by atoms with Crippen molar-refractivity contribution in [1.82, 2.24) is 5.32 Å². The number of nitrogens with one attached hydrogen (secondary N) is 1. The molecule has 2 atom stereocenters. The zero-order valence-electron chi connectivity index (χ0n) is 10.9. The average Bonchev–Trinajstić information content (AvgIpc) is 3.13. The van der Waals surface area contributed by atoms with E-state index in [2.05, 4.69) is 5.32 Å². The van der Waals surface area contributed by atoms with Crippen LogP contribution in [-0.2, 0) is 9.47 Å². The summed E-state index contributed by atoms with van der Waals surface area (Å²) in [6, 6.07) is 7.77. The van der Waals surface area contributed by atoms with Gasteiger partial charge in [0.1, 0.15) is 11.8 Å². The van der Waals surface area contributed by atoms with Crippen molar-refractivity contribution in [3.05, 3.63) is 45.5 Å². The summed E-state index contributed by atoms with van der Waals surface area (Å²) in [7, 11) is 0. The summed E-state index contributed by atoms with van der Waals surface area (Å²) in [5.41, 5.74) is 0. The van der Waals surface area contributed by atoms with Crippen molar-refractivity contribution in [2.24, 2.45) is 0 Å². The molecule has 0 radical (unpaired) electrons. The second-order valence-corrected chi connectivity index (χ2v) is 6.31. The van der Waals surface area contributed by atoms with Gasteiger partial charge >= 0.3 is 0 Å². The number of hydrogen-bond acceptors (Lipinski definition) is 5. The number of rotatable bonds is 5. The van der Waals surface area contributed by atoms with Gasteiger partial charge in [-0.2, -0.15) is 0 Å². The van der Waals surface area contributed by atoms with Crippen LogP contribution in [0.2, 0.25) is 4.34 Å². The van der Waals surface area contributed by atoms with Gasteiger partial charge in [-0.3, -0.25) is 0 Å². The van der Waals surface area contributed by atoms with E-state index in [4.69, 9.17) is 25.5 Å². The normalized spacial score (nSPS) is 20.9. The molecule has 20 heavy (non-hydrogen) atoms.